The van der Waals surface area contributed by atoms with Crippen LogP contribution in [0.15, 0.2) is 46.9 Å². The van der Waals surface area contributed by atoms with Crippen molar-refractivity contribution in [2.24, 2.45) is 0 Å². The number of carbonyl (C=O) groups is 1. The molecule has 20 heavy (non-hydrogen) atoms. The van der Waals surface area contributed by atoms with Crippen molar-refractivity contribution in [1.82, 2.24) is 0 Å². The van der Waals surface area contributed by atoms with Crippen LogP contribution in [-0.4, -0.2) is 5.91 Å². The molecule has 0 bridgehead atoms. The highest BCUT2D eigenvalue weighted by Crippen LogP contribution is 2.65. The molecule has 4 heteroatoms. The highest BCUT2D eigenvalue weighted by molar-refractivity contribution is 9.10. The summed E-state index contributed by atoms with van der Waals surface area (Å²) in [5.41, 5.74) is 2.70. The lowest BCUT2D eigenvalue weighted by Gasteiger charge is -2.10. The Morgan fingerprint density at radius 1 is 1.25 bits per heavy atom. The molecule has 2 atom stereocenters. The standard InChI is InChI=1S/C16H11BrClNO/c17-13-4-2-1-3-10(13)12-8-16(12)11-7-9(18)5-6-14(11)19-15(16)20/h1-7,12H,8H2,(H,19,20)/t12-,16-/m1/s1. The molecular formula is C16H11BrClNO. The predicted octanol–water partition coefficient (Wildman–Crippen LogP) is 4.48. The molecule has 1 amide bonds. The summed E-state index contributed by atoms with van der Waals surface area (Å²) in [4.78, 5) is 12.5. The average molecular weight is 349 g/mol. The van der Waals surface area contributed by atoms with Crippen LogP contribution < -0.4 is 5.32 Å². The first-order valence-electron chi connectivity index (χ1n) is 6.49. The zero-order chi connectivity index (χ0) is 13.9. The third-order valence-electron chi connectivity index (χ3n) is 4.36. The molecule has 1 spiro atoms. The Morgan fingerprint density at radius 2 is 2.05 bits per heavy atom. The highest BCUT2D eigenvalue weighted by Gasteiger charge is 2.65. The van der Waals surface area contributed by atoms with Gasteiger partial charge in [0.2, 0.25) is 5.91 Å². The Kier molecular flexibility index (Phi) is 2.54. The summed E-state index contributed by atoms with van der Waals surface area (Å²) in [6, 6.07) is 13.7. The van der Waals surface area contributed by atoms with Gasteiger partial charge < -0.3 is 5.32 Å². The summed E-state index contributed by atoms with van der Waals surface area (Å²) < 4.78 is 1.06. The van der Waals surface area contributed by atoms with Gasteiger partial charge in [0, 0.05) is 21.1 Å². The monoisotopic (exact) mass is 347 g/mol. The van der Waals surface area contributed by atoms with E-state index in [9.17, 15) is 4.79 Å². The fourth-order valence-electron chi connectivity index (χ4n) is 3.30. The van der Waals surface area contributed by atoms with Crippen molar-refractivity contribution >= 4 is 39.1 Å². The van der Waals surface area contributed by atoms with Gasteiger partial charge in [-0.25, -0.2) is 0 Å². The Bertz CT molecular complexity index is 745. The second-order valence-corrected chi connectivity index (χ2v) is 6.68. The van der Waals surface area contributed by atoms with Crippen LogP contribution >= 0.6 is 27.5 Å². The van der Waals surface area contributed by atoms with Crippen LogP contribution in [0.1, 0.15) is 23.5 Å². The van der Waals surface area contributed by atoms with Crippen LogP contribution in [0.25, 0.3) is 0 Å². The number of fused-ring (bicyclic) bond motifs is 2. The highest BCUT2D eigenvalue weighted by atomic mass is 79.9. The van der Waals surface area contributed by atoms with E-state index in [0.29, 0.717) is 5.02 Å². The van der Waals surface area contributed by atoms with Crippen molar-refractivity contribution in [2.75, 3.05) is 5.32 Å². The van der Waals surface area contributed by atoms with Crippen LogP contribution in [0.4, 0.5) is 5.69 Å². The van der Waals surface area contributed by atoms with Crippen LogP contribution in [0.3, 0.4) is 0 Å². The third-order valence-corrected chi connectivity index (χ3v) is 5.31. The molecule has 0 unspecified atom stereocenters. The molecule has 1 heterocycles. The van der Waals surface area contributed by atoms with E-state index in [1.807, 2.05) is 36.4 Å². The molecule has 1 N–H and O–H groups in total. The van der Waals surface area contributed by atoms with Crippen LogP contribution in [0.5, 0.6) is 0 Å². The van der Waals surface area contributed by atoms with Crippen molar-refractivity contribution in [1.29, 1.82) is 0 Å². The molecule has 1 fully saturated rings. The van der Waals surface area contributed by atoms with E-state index < -0.39 is 5.41 Å². The summed E-state index contributed by atoms with van der Waals surface area (Å²) in [7, 11) is 0. The van der Waals surface area contributed by atoms with E-state index in [1.165, 1.54) is 5.56 Å². The number of nitrogens with one attached hydrogen (secondary N) is 1. The number of benzene rings is 2. The van der Waals surface area contributed by atoms with Gasteiger partial charge in [0.05, 0.1) is 5.41 Å². The molecule has 100 valence electrons. The number of hydrogen-bond acceptors (Lipinski definition) is 1. The molecule has 2 aromatic carbocycles. The van der Waals surface area contributed by atoms with Gasteiger partial charge in [-0.15, -0.1) is 0 Å². The minimum atomic E-state index is -0.426. The van der Waals surface area contributed by atoms with Crippen LogP contribution in [0.2, 0.25) is 5.02 Å². The lowest BCUT2D eigenvalue weighted by Crippen LogP contribution is -2.21. The number of anilines is 1. The molecular weight excluding hydrogens is 338 g/mol. The topological polar surface area (TPSA) is 29.1 Å². The minimum absolute atomic E-state index is 0.0931. The predicted molar refractivity (Wildman–Crippen MR) is 83.3 cm³/mol. The number of amides is 1. The quantitative estimate of drug-likeness (QED) is 0.809. The number of carbonyl (C=O) groups excluding carboxylic acids is 1. The molecule has 2 aliphatic rings. The second kappa shape index (κ2) is 4.09. The molecule has 2 nitrogen and oxygen atoms in total. The van der Waals surface area contributed by atoms with Gasteiger partial charge in [-0.2, -0.15) is 0 Å². The first-order chi connectivity index (χ1) is 9.63. The normalized spacial score (nSPS) is 26.5. The number of rotatable bonds is 1. The molecule has 0 aromatic heterocycles. The lowest BCUT2D eigenvalue weighted by molar-refractivity contribution is -0.118. The first kappa shape index (κ1) is 12.4. The summed E-state index contributed by atoms with van der Waals surface area (Å²) in [6.45, 7) is 0. The minimum Gasteiger partial charge on any atom is -0.325 e. The lowest BCUT2D eigenvalue weighted by atomic mass is 9.92. The van der Waals surface area contributed by atoms with E-state index in [-0.39, 0.29) is 11.8 Å². The third kappa shape index (κ3) is 1.54. The van der Waals surface area contributed by atoms with E-state index in [1.54, 1.807) is 0 Å². The average Bonchev–Trinajstić information content (AvgIpc) is 3.11. The van der Waals surface area contributed by atoms with E-state index in [4.69, 9.17) is 11.6 Å². The Morgan fingerprint density at radius 3 is 2.85 bits per heavy atom. The summed E-state index contributed by atoms with van der Waals surface area (Å²) in [5.74, 6) is 0.313. The maximum atomic E-state index is 12.5. The zero-order valence-corrected chi connectivity index (χ0v) is 12.8. The fourth-order valence-corrected chi connectivity index (χ4v) is 4.03. The van der Waals surface area contributed by atoms with Gasteiger partial charge in [0.15, 0.2) is 0 Å². The van der Waals surface area contributed by atoms with Crippen LogP contribution in [0, 0.1) is 0 Å². The van der Waals surface area contributed by atoms with Gasteiger partial charge >= 0.3 is 0 Å². The maximum absolute atomic E-state index is 12.5. The number of hydrogen-bond donors (Lipinski definition) is 1. The Labute approximate surface area is 130 Å². The first-order valence-corrected chi connectivity index (χ1v) is 7.66. The fraction of sp³-hybridized carbons (Fsp3) is 0.188. The summed E-state index contributed by atoms with van der Waals surface area (Å²) in [6.07, 6.45) is 0.842. The summed E-state index contributed by atoms with van der Waals surface area (Å²) >= 11 is 9.69. The molecule has 0 saturated heterocycles. The van der Waals surface area contributed by atoms with E-state index >= 15 is 0 Å². The van der Waals surface area contributed by atoms with Gasteiger partial charge in [0.25, 0.3) is 0 Å². The zero-order valence-electron chi connectivity index (χ0n) is 10.5. The molecule has 1 aliphatic heterocycles. The van der Waals surface area contributed by atoms with Gasteiger partial charge in [-0.3, -0.25) is 4.79 Å². The van der Waals surface area contributed by atoms with E-state index in [0.717, 1.165) is 22.1 Å². The molecule has 4 rings (SSSR count). The van der Waals surface area contributed by atoms with Crippen LogP contribution in [-0.2, 0) is 10.2 Å². The Hall–Kier alpha value is -1.32. The van der Waals surface area contributed by atoms with Crippen molar-refractivity contribution in [2.45, 2.75) is 17.8 Å². The molecule has 1 saturated carbocycles. The smallest absolute Gasteiger partial charge is 0.235 e. The van der Waals surface area contributed by atoms with Crippen molar-refractivity contribution in [3.05, 3.63) is 63.1 Å². The van der Waals surface area contributed by atoms with Crippen molar-refractivity contribution < 1.29 is 4.79 Å². The SMILES string of the molecule is O=C1Nc2ccc(Cl)cc2[C@@]12C[C@@H]2c1ccccc1Br. The van der Waals surface area contributed by atoms with Gasteiger partial charge in [-0.1, -0.05) is 45.7 Å². The second-order valence-electron chi connectivity index (χ2n) is 5.39. The maximum Gasteiger partial charge on any atom is 0.235 e. The van der Waals surface area contributed by atoms with E-state index in [2.05, 4.69) is 27.3 Å². The van der Waals surface area contributed by atoms with Gasteiger partial charge in [0.1, 0.15) is 0 Å². The molecule has 0 radical (unpaired) electrons. The molecule has 2 aromatic rings. The molecule has 1 aliphatic carbocycles. The Balaban J connectivity index is 1.84. The largest absolute Gasteiger partial charge is 0.325 e. The van der Waals surface area contributed by atoms with Crippen molar-refractivity contribution in [3.63, 3.8) is 0 Å². The number of halogens is 2. The summed E-state index contributed by atoms with van der Waals surface area (Å²) in [5, 5.41) is 3.66. The van der Waals surface area contributed by atoms with Gasteiger partial charge in [-0.05, 0) is 41.8 Å². The van der Waals surface area contributed by atoms with Crippen molar-refractivity contribution in [3.8, 4) is 0 Å².